The van der Waals surface area contributed by atoms with Crippen molar-refractivity contribution in [2.75, 3.05) is 5.32 Å². The van der Waals surface area contributed by atoms with Gasteiger partial charge >= 0.3 is 5.97 Å². The van der Waals surface area contributed by atoms with E-state index in [9.17, 15) is 14.7 Å². The van der Waals surface area contributed by atoms with Crippen molar-refractivity contribution in [3.63, 3.8) is 0 Å². The van der Waals surface area contributed by atoms with Gasteiger partial charge in [0.05, 0.1) is 11.0 Å². The number of nitrogens with one attached hydrogen (secondary N) is 1. The summed E-state index contributed by atoms with van der Waals surface area (Å²) in [4.78, 5) is 24.7. The first kappa shape index (κ1) is 17.0. The molecule has 1 atom stereocenters. The summed E-state index contributed by atoms with van der Waals surface area (Å²) in [6, 6.07) is 8.40. The number of carboxylic acid groups (broad SMARTS) is 1. The first-order valence-electron chi connectivity index (χ1n) is 9.62. The molecule has 140 valence electrons. The zero-order chi connectivity index (χ0) is 18.8. The number of amides is 1. The fraction of sp³-hybridized carbons (Fsp3) is 0.455. The maximum absolute atomic E-state index is 12.7. The molecule has 1 aromatic heterocycles. The van der Waals surface area contributed by atoms with Crippen LogP contribution in [0.3, 0.4) is 0 Å². The quantitative estimate of drug-likeness (QED) is 0.796. The number of fused-ring (bicyclic) bond motifs is 1. The van der Waals surface area contributed by atoms with Gasteiger partial charge in [-0.15, -0.1) is 11.3 Å². The molecule has 3 fully saturated rings. The van der Waals surface area contributed by atoms with Crippen LogP contribution in [0.1, 0.15) is 65.6 Å². The third-order valence-corrected chi connectivity index (χ3v) is 7.74. The largest absolute Gasteiger partial charge is 0.478 e. The van der Waals surface area contributed by atoms with Crippen molar-refractivity contribution in [1.82, 2.24) is 0 Å². The Balaban J connectivity index is 1.40. The van der Waals surface area contributed by atoms with E-state index in [4.69, 9.17) is 0 Å². The van der Waals surface area contributed by atoms with E-state index in [0.717, 1.165) is 44.1 Å². The first-order valence-corrected chi connectivity index (χ1v) is 10.5. The lowest BCUT2D eigenvalue weighted by Crippen LogP contribution is -2.65. The van der Waals surface area contributed by atoms with Gasteiger partial charge in [-0.3, -0.25) is 4.79 Å². The Bertz CT molecular complexity index is 940. The van der Waals surface area contributed by atoms with Gasteiger partial charge in [-0.1, -0.05) is 31.2 Å². The van der Waals surface area contributed by atoms with E-state index >= 15 is 0 Å². The monoisotopic (exact) mass is 381 g/mol. The van der Waals surface area contributed by atoms with E-state index in [-0.39, 0.29) is 17.2 Å². The number of aryl methyl sites for hydroxylation is 1. The molecule has 1 amide bonds. The third kappa shape index (κ3) is 2.55. The summed E-state index contributed by atoms with van der Waals surface area (Å²) in [5.41, 5.74) is 3.97. The Hall–Kier alpha value is -2.14. The van der Waals surface area contributed by atoms with Crippen LogP contribution in [-0.4, -0.2) is 17.0 Å². The molecule has 4 nitrogen and oxygen atoms in total. The second-order valence-corrected chi connectivity index (χ2v) is 9.86. The summed E-state index contributed by atoms with van der Waals surface area (Å²) in [6.45, 7) is 2.22. The summed E-state index contributed by atoms with van der Waals surface area (Å²) in [7, 11) is 0. The number of hydrogen-bond acceptors (Lipinski definition) is 3. The highest BCUT2D eigenvalue weighted by atomic mass is 32.1. The Morgan fingerprint density at radius 1 is 1.19 bits per heavy atom. The topological polar surface area (TPSA) is 66.4 Å². The molecule has 0 spiro atoms. The molecule has 0 saturated heterocycles. The van der Waals surface area contributed by atoms with Gasteiger partial charge in [-0.2, -0.15) is 0 Å². The number of rotatable bonds is 4. The van der Waals surface area contributed by atoms with Gasteiger partial charge in [0.15, 0.2) is 0 Å². The first-order chi connectivity index (χ1) is 12.9. The minimum atomic E-state index is -0.940. The van der Waals surface area contributed by atoms with Gasteiger partial charge < -0.3 is 10.4 Å². The molecule has 27 heavy (non-hydrogen) atoms. The van der Waals surface area contributed by atoms with Crippen molar-refractivity contribution in [2.45, 2.75) is 51.4 Å². The van der Waals surface area contributed by atoms with Crippen LogP contribution >= 0.6 is 11.3 Å². The van der Waals surface area contributed by atoms with Crippen LogP contribution in [-0.2, 0) is 17.6 Å². The van der Waals surface area contributed by atoms with Gasteiger partial charge in [0.1, 0.15) is 5.00 Å². The zero-order valence-corrected chi connectivity index (χ0v) is 16.2. The maximum Gasteiger partial charge on any atom is 0.339 e. The highest BCUT2D eigenvalue weighted by molar-refractivity contribution is 7.15. The lowest BCUT2D eigenvalue weighted by Gasteiger charge is -2.68. The summed E-state index contributed by atoms with van der Waals surface area (Å²) < 4.78 is 0. The number of carbonyl (C=O) groups is 2. The van der Waals surface area contributed by atoms with Gasteiger partial charge in [-0.25, -0.2) is 4.79 Å². The number of benzene rings is 1. The molecule has 4 aliphatic carbocycles. The number of aromatic carboxylic acids is 1. The van der Waals surface area contributed by atoms with E-state index in [1.807, 2.05) is 11.4 Å². The van der Waals surface area contributed by atoms with Gasteiger partial charge in [0, 0.05) is 0 Å². The predicted octanol–water partition coefficient (Wildman–Crippen LogP) is 4.85. The third-order valence-electron chi connectivity index (χ3n) is 6.82. The SMILES string of the molecule is CC12CC(C(=O)Nc3scc(C4CCc5ccccc5C4)c3C(=O)O)(C1)C2. The number of carboxylic acids is 1. The van der Waals surface area contributed by atoms with Crippen molar-refractivity contribution < 1.29 is 14.7 Å². The standard InChI is InChI=1S/C22H23NO3S/c1-21-10-22(11-21,12-21)20(26)23-18-17(19(24)25)16(9-27-18)15-7-6-13-4-2-3-5-14(13)8-15/h2-5,9,15H,6-8,10-12H2,1H3,(H,23,26)(H,24,25). The van der Waals surface area contributed by atoms with E-state index in [0.29, 0.717) is 16.0 Å². The van der Waals surface area contributed by atoms with Crippen LogP contribution in [0.5, 0.6) is 0 Å². The van der Waals surface area contributed by atoms with E-state index in [1.54, 1.807) is 0 Å². The van der Waals surface area contributed by atoms with Crippen LogP contribution in [0.15, 0.2) is 29.6 Å². The summed E-state index contributed by atoms with van der Waals surface area (Å²) in [5.74, 6) is -0.733. The van der Waals surface area contributed by atoms with Crippen LogP contribution in [0, 0.1) is 10.8 Å². The lowest BCUT2D eigenvalue weighted by molar-refractivity contribution is -0.194. The van der Waals surface area contributed by atoms with E-state index in [1.165, 1.54) is 22.5 Å². The second kappa shape index (κ2) is 5.68. The number of anilines is 1. The van der Waals surface area contributed by atoms with Crippen LogP contribution < -0.4 is 5.32 Å². The smallest absolute Gasteiger partial charge is 0.339 e. The Labute approximate surface area is 162 Å². The van der Waals surface area contributed by atoms with E-state index in [2.05, 4.69) is 30.4 Å². The minimum absolute atomic E-state index is 0.0103. The molecule has 0 radical (unpaired) electrons. The molecule has 3 saturated carbocycles. The molecule has 2 N–H and O–H groups in total. The van der Waals surface area contributed by atoms with Crippen molar-refractivity contribution in [3.05, 3.63) is 51.9 Å². The fourth-order valence-corrected chi connectivity index (χ4v) is 6.75. The summed E-state index contributed by atoms with van der Waals surface area (Å²) in [6.07, 6.45) is 5.59. The van der Waals surface area contributed by atoms with Crippen molar-refractivity contribution >= 4 is 28.2 Å². The maximum atomic E-state index is 12.7. The van der Waals surface area contributed by atoms with Gasteiger partial charge in [0.2, 0.25) is 5.91 Å². The lowest BCUT2D eigenvalue weighted by atomic mass is 9.35. The average Bonchev–Trinajstić information content (AvgIpc) is 3.01. The average molecular weight is 381 g/mol. The van der Waals surface area contributed by atoms with Gasteiger partial charge in [-0.05, 0) is 71.9 Å². The Kier molecular flexibility index (Phi) is 3.57. The molecule has 4 aliphatic rings. The highest BCUT2D eigenvalue weighted by Crippen LogP contribution is 2.73. The molecule has 5 heteroatoms. The predicted molar refractivity (Wildman–Crippen MR) is 106 cm³/mol. The van der Waals surface area contributed by atoms with E-state index < -0.39 is 5.97 Å². The minimum Gasteiger partial charge on any atom is -0.478 e. The molecule has 1 heterocycles. The summed E-state index contributed by atoms with van der Waals surface area (Å²) >= 11 is 1.36. The van der Waals surface area contributed by atoms with Crippen LogP contribution in [0.4, 0.5) is 5.00 Å². The fourth-order valence-electron chi connectivity index (χ4n) is 5.72. The summed E-state index contributed by atoms with van der Waals surface area (Å²) in [5, 5.41) is 15.3. The van der Waals surface area contributed by atoms with Crippen molar-refractivity contribution in [1.29, 1.82) is 0 Å². The molecule has 2 bridgehead atoms. The molecular formula is C22H23NO3S. The molecule has 1 aromatic carbocycles. The number of thiophene rings is 1. The van der Waals surface area contributed by atoms with Gasteiger partial charge in [0.25, 0.3) is 0 Å². The van der Waals surface area contributed by atoms with Crippen molar-refractivity contribution in [3.8, 4) is 0 Å². The van der Waals surface area contributed by atoms with Crippen molar-refractivity contribution in [2.24, 2.45) is 10.8 Å². The number of carbonyl (C=O) groups excluding carboxylic acids is 1. The number of hydrogen-bond donors (Lipinski definition) is 2. The highest BCUT2D eigenvalue weighted by Gasteiger charge is 2.68. The second-order valence-electron chi connectivity index (χ2n) is 8.98. The Morgan fingerprint density at radius 3 is 2.56 bits per heavy atom. The van der Waals surface area contributed by atoms with Crippen LogP contribution in [0.2, 0.25) is 0 Å². The molecule has 1 unspecified atom stereocenters. The molecule has 0 aliphatic heterocycles. The Morgan fingerprint density at radius 2 is 1.89 bits per heavy atom. The molecule has 2 aromatic rings. The molecule has 6 rings (SSSR count). The molecular weight excluding hydrogens is 358 g/mol. The zero-order valence-electron chi connectivity index (χ0n) is 15.4. The van der Waals surface area contributed by atoms with Crippen LogP contribution in [0.25, 0.3) is 0 Å². The normalized spacial score (nSPS) is 30.6.